The van der Waals surface area contributed by atoms with Crippen molar-refractivity contribution in [1.82, 2.24) is 0 Å². The second-order valence-corrected chi connectivity index (χ2v) is 17.7. The number of hydrogen-bond acceptors (Lipinski definition) is 4. The number of benzene rings is 2. The average Bonchev–Trinajstić information content (AvgIpc) is 2.90. The zero-order valence-corrected chi connectivity index (χ0v) is 29.5. The molecule has 0 radical (unpaired) electrons. The van der Waals surface area contributed by atoms with Gasteiger partial charge in [0, 0.05) is 29.2 Å². The van der Waals surface area contributed by atoms with Crippen LogP contribution in [-0.4, -0.2) is 20.3 Å². The predicted molar refractivity (Wildman–Crippen MR) is 181 cm³/mol. The Kier molecular flexibility index (Phi) is 14.7. The van der Waals surface area contributed by atoms with Crippen LogP contribution >= 0.6 is 11.8 Å². The van der Waals surface area contributed by atoms with Crippen LogP contribution in [0.3, 0.4) is 0 Å². The van der Waals surface area contributed by atoms with Crippen LogP contribution in [0.5, 0.6) is 5.75 Å². The number of unbranched alkanes of at least 4 members (excludes halogenated alkanes) is 6. The molecule has 0 N–H and O–H groups in total. The number of thioether (sulfide) groups is 1. The van der Waals surface area contributed by atoms with Gasteiger partial charge >= 0.3 is 8.56 Å². The fraction of sp³-hybridized carbons (Fsp3) is 0.639. The van der Waals surface area contributed by atoms with Crippen molar-refractivity contribution in [2.45, 2.75) is 148 Å². The van der Waals surface area contributed by atoms with Gasteiger partial charge in [0.2, 0.25) is 0 Å². The summed E-state index contributed by atoms with van der Waals surface area (Å²) in [6.07, 6.45) is 10.6. The fourth-order valence-electron chi connectivity index (χ4n) is 4.93. The van der Waals surface area contributed by atoms with E-state index in [0.717, 1.165) is 60.4 Å². The van der Waals surface area contributed by atoms with Crippen molar-refractivity contribution in [2.24, 2.45) is 0 Å². The fourth-order valence-corrected chi connectivity index (χ4v) is 9.31. The minimum atomic E-state index is -2.89. The van der Waals surface area contributed by atoms with Gasteiger partial charge in [-0.2, -0.15) is 0 Å². The maximum Gasteiger partial charge on any atom is 0.433 e. The van der Waals surface area contributed by atoms with Crippen LogP contribution in [0.4, 0.5) is 0 Å². The van der Waals surface area contributed by atoms with Gasteiger partial charge in [0.05, 0.1) is 0 Å². The van der Waals surface area contributed by atoms with Crippen molar-refractivity contribution in [3.05, 3.63) is 53.6 Å². The topological polar surface area (TPSA) is 35.5 Å². The third-order valence-corrected chi connectivity index (χ3v) is 12.0. The lowest BCUT2D eigenvalue weighted by Gasteiger charge is -2.35. The van der Waals surface area contributed by atoms with E-state index in [2.05, 4.69) is 105 Å². The highest BCUT2D eigenvalue weighted by atomic mass is 32.2. The summed E-state index contributed by atoms with van der Waals surface area (Å²) in [6, 6.07) is 16.1. The van der Waals surface area contributed by atoms with Crippen molar-refractivity contribution in [3.8, 4) is 5.75 Å². The Bertz CT molecular complexity index is 1070. The number of carbonyl (C=O) groups excluding carboxylic acids is 1. The normalized spacial score (nSPS) is 13.7. The van der Waals surface area contributed by atoms with Gasteiger partial charge in [0.25, 0.3) is 0 Å². The van der Waals surface area contributed by atoms with Gasteiger partial charge in [-0.15, -0.1) is 0 Å². The van der Waals surface area contributed by atoms with E-state index in [1.807, 2.05) is 0 Å². The van der Waals surface area contributed by atoms with Crippen LogP contribution in [0.25, 0.3) is 0 Å². The molecule has 0 heterocycles. The van der Waals surface area contributed by atoms with E-state index >= 15 is 0 Å². The molecule has 2 rings (SSSR count). The first-order valence-electron chi connectivity index (χ1n) is 16.2. The maximum absolute atomic E-state index is 12.9. The van der Waals surface area contributed by atoms with Crippen molar-refractivity contribution in [2.75, 3.05) is 6.61 Å². The Morgan fingerprint density at radius 3 is 2.10 bits per heavy atom. The van der Waals surface area contributed by atoms with Crippen molar-refractivity contribution in [3.63, 3.8) is 0 Å². The van der Waals surface area contributed by atoms with Crippen LogP contribution in [0.15, 0.2) is 47.4 Å². The van der Waals surface area contributed by atoms with Gasteiger partial charge in [-0.1, -0.05) is 143 Å². The molecule has 1 unspecified atom stereocenters. The molecule has 3 nitrogen and oxygen atoms in total. The summed E-state index contributed by atoms with van der Waals surface area (Å²) in [5.74, 6) is 0.936. The summed E-state index contributed by atoms with van der Waals surface area (Å²) in [5.41, 5.74) is 2.52. The molecule has 2 aromatic carbocycles. The third kappa shape index (κ3) is 11.6. The lowest BCUT2D eigenvalue weighted by atomic mass is 9.80. The van der Waals surface area contributed by atoms with Crippen molar-refractivity contribution in [1.29, 1.82) is 0 Å². The predicted octanol–water partition coefficient (Wildman–Crippen LogP) is 10.6. The molecule has 1 atom stereocenters. The van der Waals surface area contributed by atoms with Crippen LogP contribution < -0.4 is 9.61 Å². The van der Waals surface area contributed by atoms with E-state index in [-0.39, 0.29) is 15.9 Å². The Hall–Kier alpha value is -1.56. The summed E-state index contributed by atoms with van der Waals surface area (Å²) in [4.78, 5) is 13.9. The number of carbonyl (C=O) groups is 1. The van der Waals surface area contributed by atoms with E-state index in [9.17, 15) is 4.79 Å². The first-order chi connectivity index (χ1) is 19.4. The molecule has 5 heteroatoms. The molecular formula is C36H58O3SSi. The summed E-state index contributed by atoms with van der Waals surface area (Å²) < 4.78 is 14.2. The lowest BCUT2D eigenvalue weighted by Crippen LogP contribution is -2.57. The molecule has 41 heavy (non-hydrogen) atoms. The monoisotopic (exact) mass is 598 g/mol. The smallest absolute Gasteiger partial charge is 0.433 e. The molecule has 0 saturated heterocycles. The third-order valence-electron chi connectivity index (χ3n) is 7.61. The maximum atomic E-state index is 12.9. The van der Waals surface area contributed by atoms with Crippen LogP contribution in [-0.2, 0) is 20.1 Å². The summed E-state index contributed by atoms with van der Waals surface area (Å²) in [6.45, 7) is 20.9. The Labute approximate surface area is 257 Å². The Balaban J connectivity index is 2.49. The van der Waals surface area contributed by atoms with Gasteiger partial charge in [-0.25, -0.2) is 0 Å². The molecule has 0 fully saturated rings. The van der Waals surface area contributed by atoms with Crippen molar-refractivity contribution < 1.29 is 13.6 Å². The van der Waals surface area contributed by atoms with Crippen molar-refractivity contribution >= 4 is 30.6 Å². The minimum Gasteiger partial charge on any atom is -0.517 e. The zero-order chi connectivity index (χ0) is 30.5. The molecule has 0 amide bonds. The quantitative estimate of drug-likeness (QED) is 0.103. The van der Waals surface area contributed by atoms with Crippen LogP contribution in [0, 0.1) is 0 Å². The summed E-state index contributed by atoms with van der Waals surface area (Å²) in [7, 11) is -2.89. The molecule has 230 valence electrons. The minimum absolute atomic E-state index is 0.0565. The molecule has 0 aromatic heterocycles. The second kappa shape index (κ2) is 16.9. The Morgan fingerprint density at radius 2 is 1.46 bits per heavy atom. The van der Waals surface area contributed by atoms with E-state index < -0.39 is 8.56 Å². The molecule has 0 aliphatic rings. The number of hydrogen-bond donors (Lipinski definition) is 0. The van der Waals surface area contributed by atoms with Gasteiger partial charge < -0.3 is 8.85 Å². The highest BCUT2D eigenvalue weighted by Crippen LogP contribution is 2.37. The highest BCUT2D eigenvalue weighted by molar-refractivity contribution is 8.13. The number of rotatable bonds is 17. The molecule has 2 aromatic rings. The SMILES string of the molecule is CCCCCCCC(=O)Sc1cccc([Si](CCCC)(OCCCC)Oc2ccc(C(C)(C)C)cc2C(C)(C)C)c1. The zero-order valence-electron chi connectivity index (χ0n) is 27.7. The van der Waals surface area contributed by atoms with Gasteiger partial charge in [-0.05, 0) is 53.0 Å². The second-order valence-electron chi connectivity index (χ2n) is 13.5. The molecule has 0 saturated carbocycles. The van der Waals surface area contributed by atoms with E-state index in [0.29, 0.717) is 13.0 Å². The molecule has 0 aliphatic carbocycles. The molecule has 0 aliphatic heterocycles. The first kappa shape index (κ1) is 35.6. The standard InChI is InChI=1S/C36H58O3SSi/c1-10-13-16-17-18-22-34(37)40-30-20-19-21-31(28-30)41(26-15-12-3,38-25-14-11-2)39-33-24-23-29(35(4,5)6)27-32(33)36(7,8)9/h19-21,23-24,27-28H,10-18,22,25-26H2,1-9H3. The lowest BCUT2D eigenvalue weighted by molar-refractivity contribution is -0.111. The van der Waals surface area contributed by atoms with E-state index in [1.165, 1.54) is 42.2 Å². The summed E-state index contributed by atoms with van der Waals surface area (Å²) in [5, 5.41) is 1.38. The average molecular weight is 599 g/mol. The molecular weight excluding hydrogens is 541 g/mol. The Morgan fingerprint density at radius 1 is 0.780 bits per heavy atom. The highest BCUT2D eigenvalue weighted by Gasteiger charge is 2.43. The molecule has 0 spiro atoms. The van der Waals surface area contributed by atoms with Crippen LogP contribution in [0.2, 0.25) is 6.04 Å². The van der Waals surface area contributed by atoms with E-state index in [1.54, 1.807) is 0 Å². The van der Waals surface area contributed by atoms with E-state index in [4.69, 9.17) is 8.85 Å². The van der Waals surface area contributed by atoms with Gasteiger partial charge in [-0.3, -0.25) is 4.79 Å². The molecule has 0 bridgehead atoms. The largest absolute Gasteiger partial charge is 0.517 e. The van der Waals surface area contributed by atoms with Gasteiger partial charge in [0.15, 0.2) is 5.12 Å². The summed E-state index contributed by atoms with van der Waals surface area (Å²) >= 11 is 1.38. The van der Waals surface area contributed by atoms with Crippen LogP contribution in [0.1, 0.15) is 138 Å². The van der Waals surface area contributed by atoms with Gasteiger partial charge in [0.1, 0.15) is 5.75 Å². The first-order valence-corrected chi connectivity index (χ1v) is 19.0.